The molecule has 1 saturated heterocycles. The topological polar surface area (TPSA) is 481 Å². The smallest absolute Gasteiger partial charge is 0.305 e. The molecule has 544 valence electrons. The van der Waals surface area contributed by atoms with Crippen LogP contribution in [0, 0.1) is 11.6 Å². The number of hydrogen-bond donors (Lipinski definition) is 16. The molecule has 7 aromatic rings. The normalized spacial score (nSPS) is 23.1. The van der Waals surface area contributed by atoms with Crippen molar-refractivity contribution in [2.75, 3.05) is 26.2 Å². The predicted octanol–water partition coefficient (Wildman–Crippen LogP) is -0.856. The molecule has 0 unspecified atom stereocenters. The number of imidazole rings is 1. The van der Waals surface area contributed by atoms with Crippen LogP contribution in [0.15, 0.2) is 110 Å². The molecule has 103 heavy (non-hydrogen) atoms. The fourth-order valence-corrected chi connectivity index (χ4v) is 12.1. The number of nitrogens with one attached hydrogen (secondary N) is 13. The van der Waals surface area contributed by atoms with E-state index >= 15 is 14.4 Å². The molecule has 9 atom stereocenters. The van der Waals surface area contributed by atoms with Gasteiger partial charge < -0.3 is 93.7 Å². The molecule has 2 bridgehead atoms. The van der Waals surface area contributed by atoms with Crippen LogP contribution in [-0.4, -0.2) is 192 Å². The van der Waals surface area contributed by atoms with Crippen LogP contribution in [0.4, 0.5) is 8.78 Å². The predicted molar refractivity (Wildman–Crippen MR) is 362 cm³/mol. The first-order chi connectivity index (χ1) is 49.1. The summed E-state index contributed by atoms with van der Waals surface area (Å²) in [6.45, 7) is 2.27. The van der Waals surface area contributed by atoms with Gasteiger partial charge in [-0.15, -0.1) is 0 Å². The number of phenols is 1. The second-order valence-corrected chi connectivity index (χ2v) is 25.3. The number of aromatic amines is 3. The molecule has 17 N–H and O–H groups in total. The van der Waals surface area contributed by atoms with Crippen molar-refractivity contribution in [1.29, 1.82) is 0 Å². The molecule has 3 aromatic heterocycles. The fraction of sp³-hybridized carbons (Fsp3) is 0.362. The molecule has 1 fully saturated rings. The Morgan fingerprint density at radius 3 is 1.83 bits per heavy atom. The van der Waals surface area contributed by atoms with E-state index in [1.807, 2.05) is 0 Å². The first kappa shape index (κ1) is 75.0. The maximum atomic E-state index is 15.2. The van der Waals surface area contributed by atoms with Crippen molar-refractivity contribution in [3.05, 3.63) is 149 Å². The van der Waals surface area contributed by atoms with Gasteiger partial charge in [0, 0.05) is 98.2 Å². The summed E-state index contributed by atoms with van der Waals surface area (Å²) in [4.78, 5) is 196. The van der Waals surface area contributed by atoms with E-state index in [2.05, 4.69) is 73.1 Å². The summed E-state index contributed by atoms with van der Waals surface area (Å²) >= 11 is 0. The fourth-order valence-electron chi connectivity index (χ4n) is 12.1. The highest BCUT2D eigenvalue weighted by Gasteiger charge is 2.49. The minimum Gasteiger partial charge on any atom is -0.508 e. The van der Waals surface area contributed by atoms with Gasteiger partial charge in [0.1, 0.15) is 77.0 Å². The highest BCUT2D eigenvalue weighted by atomic mass is 19.1. The number of aliphatic carboxylic acids is 1. The molecule has 0 radical (unpaired) electrons. The zero-order valence-corrected chi connectivity index (χ0v) is 56.0. The van der Waals surface area contributed by atoms with Crippen LogP contribution in [0.5, 0.6) is 11.5 Å². The van der Waals surface area contributed by atoms with Gasteiger partial charge in [0.2, 0.25) is 65.0 Å². The lowest BCUT2D eigenvalue weighted by Gasteiger charge is -2.37. The van der Waals surface area contributed by atoms with Gasteiger partial charge in [0.15, 0.2) is 6.61 Å². The third kappa shape index (κ3) is 20.0. The molecule has 32 nitrogen and oxygen atoms in total. The van der Waals surface area contributed by atoms with Crippen molar-refractivity contribution in [3.8, 4) is 11.5 Å². The van der Waals surface area contributed by atoms with E-state index in [1.54, 1.807) is 12.1 Å². The maximum Gasteiger partial charge on any atom is 0.305 e. The number of H-pyrrole nitrogens is 3. The molecule has 0 aliphatic carbocycles. The number of fused-ring (bicyclic) bond motifs is 35. The molecule has 10 rings (SSSR count). The number of aromatic hydroxyl groups is 1. The molecular formula is C69H78F2N16O16. The van der Waals surface area contributed by atoms with Crippen LogP contribution >= 0.6 is 0 Å². The van der Waals surface area contributed by atoms with Gasteiger partial charge in [0.25, 0.3) is 5.91 Å². The van der Waals surface area contributed by atoms with E-state index in [1.165, 1.54) is 98.3 Å². The SMILES string of the molecule is CC(=O)N[C@H]1CCNC(=O)COc2ccc(cc2)C[C@@H](C(N)=O)NC(=O)[C@]2(C)CCCN2C(=O)[C@H](Cc2ccc(O)cc2)NC(=O)[C@H](Cc2cnc[nH]2)NC(=O)[C@H](CC(=O)O)NC(=O)[C@H](Cc2c[nH]c3ccc(F)cc23)NC(=O)[C@H](Cc2c[nH]c3ccc(F)cc23)NC(=O)CNC(=O)[C@H](C)NC1=O. The summed E-state index contributed by atoms with van der Waals surface area (Å²) in [6, 6.07) is 6.16. The number of halogens is 2. The number of carboxylic acid groups (broad SMARTS) is 1. The average molecular weight is 1430 g/mol. The summed E-state index contributed by atoms with van der Waals surface area (Å²) in [7, 11) is 0. The van der Waals surface area contributed by atoms with Crippen molar-refractivity contribution in [3.63, 3.8) is 0 Å². The quantitative estimate of drug-likeness (QED) is 0.0662. The molecule has 3 aliphatic rings. The van der Waals surface area contributed by atoms with Gasteiger partial charge in [-0.05, 0) is 116 Å². The van der Waals surface area contributed by atoms with Gasteiger partial charge in [-0.1, -0.05) is 24.3 Å². The molecule has 12 amide bonds. The number of rotatable bonds is 12. The third-order valence-electron chi connectivity index (χ3n) is 17.6. The number of nitrogens with zero attached hydrogens (tertiary/aromatic N) is 2. The number of hydrogen-bond acceptors (Lipinski definition) is 16. The minimum atomic E-state index is -2.08. The Kier molecular flexibility index (Phi) is 24.5. The molecule has 34 heteroatoms. The summed E-state index contributed by atoms with van der Waals surface area (Å²) in [5, 5.41) is 46.2. The average Bonchev–Trinajstić information content (AvgIpc) is 1.69. The highest BCUT2D eigenvalue weighted by molar-refractivity contribution is 6.01. The van der Waals surface area contributed by atoms with E-state index in [-0.39, 0.29) is 84.3 Å². The highest BCUT2D eigenvalue weighted by Crippen LogP contribution is 2.32. The number of carbonyl (C=O) groups is 13. The molecule has 4 aromatic carbocycles. The Morgan fingerprint density at radius 1 is 0.670 bits per heavy atom. The Balaban J connectivity index is 1.06. The molecule has 0 saturated carbocycles. The second-order valence-electron chi connectivity index (χ2n) is 25.3. The van der Waals surface area contributed by atoms with E-state index in [0.717, 1.165) is 25.1 Å². The lowest BCUT2D eigenvalue weighted by molar-refractivity contribution is -0.147. The summed E-state index contributed by atoms with van der Waals surface area (Å²) in [6.07, 6.45) is 2.56. The van der Waals surface area contributed by atoms with E-state index in [0.29, 0.717) is 22.2 Å². The number of nitrogens with two attached hydrogens (primary N) is 1. The number of phenolic OH excluding ortho intramolecular Hbond substituents is 1. The number of aromatic nitrogens is 4. The number of carbonyl (C=O) groups excluding carboxylic acids is 12. The zero-order chi connectivity index (χ0) is 74.2. The van der Waals surface area contributed by atoms with Crippen molar-refractivity contribution >= 4 is 98.7 Å². The van der Waals surface area contributed by atoms with Crippen LogP contribution in [-0.2, 0) is 94.4 Å². The lowest BCUT2D eigenvalue weighted by atomic mass is 9.94. The molecular weight excluding hydrogens is 1350 g/mol. The van der Waals surface area contributed by atoms with Crippen LogP contribution < -0.4 is 63.6 Å². The second kappa shape index (κ2) is 33.7. The monoisotopic (exact) mass is 1420 g/mol. The van der Waals surface area contributed by atoms with E-state index in [9.17, 15) is 66.9 Å². The Hall–Kier alpha value is -12.3. The number of carboxylic acids is 1. The lowest BCUT2D eigenvalue weighted by Crippen LogP contribution is -2.63. The number of ether oxygens (including phenoxy) is 1. The largest absolute Gasteiger partial charge is 0.508 e. The Bertz CT molecular complexity index is 4340. The first-order valence-corrected chi connectivity index (χ1v) is 32.8. The number of primary amides is 1. The van der Waals surface area contributed by atoms with Crippen LogP contribution in [0.25, 0.3) is 21.8 Å². The van der Waals surface area contributed by atoms with Crippen molar-refractivity contribution in [2.24, 2.45) is 5.73 Å². The van der Waals surface area contributed by atoms with Gasteiger partial charge >= 0.3 is 5.97 Å². The molecule has 3 aliphatic heterocycles. The third-order valence-corrected chi connectivity index (χ3v) is 17.6. The number of benzene rings is 4. The van der Waals surface area contributed by atoms with Crippen LogP contribution in [0.3, 0.4) is 0 Å². The van der Waals surface area contributed by atoms with Crippen molar-refractivity contribution < 1.29 is 86.1 Å². The number of amides is 12. The van der Waals surface area contributed by atoms with Gasteiger partial charge in [0.05, 0.1) is 19.3 Å². The standard InChI is InChI=1S/C69H78F2N16O16/c1-35-61(95)77-32-57(90)81-52(23-39-29-75-48-15-9-41(70)25-46(39)48)63(97)82-53(24-40-30-76-49-16-10-42(71)26-47(40)49)64(98)84-55(28-59(92)93)66(100)83-54(27-43-31-73-34-78-43)65(99)85-56(22-37-5-11-44(89)12-6-37)67(101)87-20-4-18-69(87,3)68(102)86-51(60(72)94)21-38-7-13-45(14-8-38)103-33-58(91)74-19-17-50(62(96)79-35)80-36(2)88/h5-16,25-26,29-31,34-35,50-56,75-76,89H,4,17-24,27-28,32-33H2,1-3H3,(H2,72,94)(H,73,78)(H,74,91)(H,77,95)(H,79,96)(H,80,88)(H,81,90)(H,82,97)(H,83,100)(H,84,98)(H,85,99)(H,86,102)(H,92,93)/t35-,50-,51-,52-,53-,54-,55-,56-,69-/m0/s1. The maximum absolute atomic E-state index is 15.2. The van der Waals surface area contributed by atoms with Gasteiger partial charge in [-0.3, -0.25) is 62.3 Å². The van der Waals surface area contributed by atoms with Gasteiger partial charge in [-0.2, -0.15) is 0 Å². The van der Waals surface area contributed by atoms with Gasteiger partial charge in [-0.25, -0.2) is 13.8 Å². The Labute approximate surface area is 585 Å². The summed E-state index contributed by atoms with van der Waals surface area (Å²) in [5.41, 5.74) is 6.53. The van der Waals surface area contributed by atoms with Crippen molar-refractivity contribution in [2.45, 2.75) is 132 Å². The Morgan fingerprint density at radius 2 is 1.25 bits per heavy atom. The molecule has 0 spiro atoms. The van der Waals surface area contributed by atoms with Crippen molar-refractivity contribution in [1.82, 2.24) is 78.0 Å². The van der Waals surface area contributed by atoms with E-state index < -0.39 is 181 Å². The summed E-state index contributed by atoms with van der Waals surface area (Å²) in [5.74, 6) is -14.3. The zero-order valence-electron chi connectivity index (χ0n) is 56.0. The first-order valence-electron chi connectivity index (χ1n) is 32.8. The van der Waals surface area contributed by atoms with E-state index in [4.69, 9.17) is 10.5 Å². The molecule has 6 heterocycles. The summed E-state index contributed by atoms with van der Waals surface area (Å²) < 4.78 is 35.4. The van der Waals surface area contributed by atoms with Crippen LogP contribution in [0.1, 0.15) is 74.4 Å². The van der Waals surface area contributed by atoms with Crippen LogP contribution in [0.2, 0.25) is 0 Å². The minimum absolute atomic E-state index is 0.0384.